The van der Waals surface area contributed by atoms with Crippen molar-refractivity contribution in [1.82, 2.24) is 0 Å². The first-order valence-electron chi connectivity index (χ1n) is 3.21. The van der Waals surface area contributed by atoms with Gasteiger partial charge in [-0.3, -0.25) is 0 Å². The third-order valence-corrected chi connectivity index (χ3v) is 10.1. The molecule has 0 aromatic rings. The lowest BCUT2D eigenvalue weighted by molar-refractivity contribution is 1.84. The Labute approximate surface area is 82.4 Å². The Morgan fingerprint density at radius 2 is 1.64 bits per heavy atom. The van der Waals surface area contributed by atoms with Crippen LogP contribution in [0.1, 0.15) is 0 Å². The second-order valence-corrected chi connectivity index (χ2v) is 14.9. The van der Waals surface area contributed by atoms with Crippen molar-refractivity contribution >= 4 is 39.0 Å². The molecule has 0 aliphatic heterocycles. The molecule has 0 saturated heterocycles. The van der Waals surface area contributed by atoms with Gasteiger partial charge < -0.3 is 0 Å². The van der Waals surface area contributed by atoms with E-state index >= 15 is 0 Å². The van der Waals surface area contributed by atoms with E-state index in [1.54, 1.807) is 0 Å². The Morgan fingerprint density at radius 1 is 1.27 bits per heavy atom. The summed E-state index contributed by atoms with van der Waals surface area (Å²) < 4.78 is -1.20. The van der Waals surface area contributed by atoms with Crippen molar-refractivity contribution in [3.8, 4) is 0 Å². The minimum Gasteiger partial charge on any atom is -0.110 e. The monoisotopic (exact) mass is 224 g/mol. The summed E-state index contributed by atoms with van der Waals surface area (Å²) >= 11 is 9.10. The van der Waals surface area contributed by atoms with Gasteiger partial charge in [0, 0.05) is 11.5 Å². The van der Waals surface area contributed by atoms with Crippen LogP contribution in [-0.2, 0) is 11.8 Å². The molecule has 0 radical (unpaired) electrons. The molecule has 0 heterocycles. The van der Waals surface area contributed by atoms with E-state index in [1.165, 1.54) is 0 Å². The van der Waals surface area contributed by atoms with E-state index in [4.69, 9.17) is 11.8 Å². The van der Waals surface area contributed by atoms with Gasteiger partial charge in [0.1, 0.15) is 0 Å². The first kappa shape index (κ1) is 11.8. The Balaban J connectivity index is 3.69. The standard InChI is InChI=1S/C7H13PS3/c1-4-6-10-8(3,9)11-7-5-2/h4-5H,1-2,6-7H2,3H3. The zero-order valence-corrected chi connectivity index (χ0v) is 10.00. The maximum atomic E-state index is 5.42. The SMILES string of the molecule is C=CCSP(C)(=S)SCC=C. The second kappa shape index (κ2) is 6.36. The molecule has 0 saturated carbocycles. The van der Waals surface area contributed by atoms with Crippen molar-refractivity contribution in [3.63, 3.8) is 0 Å². The minimum absolute atomic E-state index is 0.970. The van der Waals surface area contributed by atoms with E-state index in [0.717, 1.165) is 11.5 Å². The number of hydrogen-bond acceptors (Lipinski definition) is 3. The van der Waals surface area contributed by atoms with Gasteiger partial charge in [0.15, 0.2) is 0 Å². The molecule has 0 unspecified atom stereocenters. The highest BCUT2D eigenvalue weighted by Crippen LogP contribution is 2.66. The Morgan fingerprint density at radius 3 is 1.91 bits per heavy atom. The Bertz CT molecular complexity index is 161. The van der Waals surface area contributed by atoms with Gasteiger partial charge in [-0.15, -0.1) is 35.9 Å². The second-order valence-electron chi connectivity index (χ2n) is 1.94. The van der Waals surface area contributed by atoms with Gasteiger partial charge in [-0.25, -0.2) is 0 Å². The van der Waals surface area contributed by atoms with Crippen molar-refractivity contribution in [2.75, 3.05) is 18.2 Å². The first-order chi connectivity index (χ1) is 5.12. The Hall–Kier alpha value is 0.830. The van der Waals surface area contributed by atoms with Crippen molar-refractivity contribution in [2.45, 2.75) is 0 Å². The first-order valence-corrected chi connectivity index (χ1v) is 9.64. The fraction of sp³-hybridized carbons (Fsp3) is 0.429. The maximum Gasteiger partial charge on any atom is 0.0548 e. The minimum atomic E-state index is -1.20. The third kappa shape index (κ3) is 7.20. The molecular weight excluding hydrogens is 211 g/mol. The lowest BCUT2D eigenvalue weighted by Gasteiger charge is -2.12. The van der Waals surface area contributed by atoms with Crippen LogP contribution in [0.5, 0.6) is 0 Å². The summed E-state index contributed by atoms with van der Waals surface area (Å²) in [5, 5.41) is 0. The number of hydrogen-bond donors (Lipinski definition) is 0. The molecule has 0 aliphatic carbocycles. The smallest absolute Gasteiger partial charge is 0.0548 e. The van der Waals surface area contributed by atoms with Gasteiger partial charge in [-0.2, -0.15) is 0 Å². The fourth-order valence-corrected chi connectivity index (χ4v) is 6.58. The van der Waals surface area contributed by atoms with Crippen LogP contribution < -0.4 is 0 Å². The average Bonchev–Trinajstić information content (AvgIpc) is 1.97. The zero-order valence-electron chi connectivity index (χ0n) is 6.66. The highest BCUT2D eigenvalue weighted by Gasteiger charge is 2.08. The topological polar surface area (TPSA) is 0 Å². The summed E-state index contributed by atoms with van der Waals surface area (Å²) in [7, 11) is 0. The van der Waals surface area contributed by atoms with E-state index in [-0.39, 0.29) is 0 Å². The predicted molar refractivity (Wildman–Crippen MR) is 65.5 cm³/mol. The molecule has 0 N–H and O–H groups in total. The lowest BCUT2D eigenvalue weighted by atomic mass is 10.8. The quantitative estimate of drug-likeness (QED) is 0.498. The van der Waals surface area contributed by atoms with Gasteiger partial charge in [-0.1, -0.05) is 24.0 Å². The van der Waals surface area contributed by atoms with Crippen molar-refractivity contribution in [2.24, 2.45) is 0 Å². The average molecular weight is 224 g/mol. The molecule has 0 nitrogen and oxygen atoms in total. The molecule has 0 aliphatic rings. The molecule has 0 bridgehead atoms. The van der Waals surface area contributed by atoms with E-state index < -0.39 is 4.44 Å². The van der Waals surface area contributed by atoms with E-state index in [0.29, 0.717) is 0 Å². The van der Waals surface area contributed by atoms with Crippen LogP contribution in [0.3, 0.4) is 0 Å². The van der Waals surface area contributed by atoms with Crippen molar-refractivity contribution in [3.05, 3.63) is 25.3 Å². The summed E-state index contributed by atoms with van der Waals surface area (Å²) in [4.78, 5) is 0. The van der Waals surface area contributed by atoms with Crippen LogP contribution >= 0.6 is 27.2 Å². The maximum absolute atomic E-state index is 5.42. The van der Waals surface area contributed by atoms with Gasteiger partial charge in [0.25, 0.3) is 0 Å². The normalized spacial score (nSPS) is 11.0. The van der Waals surface area contributed by atoms with Crippen LogP contribution in [0.25, 0.3) is 0 Å². The summed E-state index contributed by atoms with van der Waals surface area (Å²) in [5.41, 5.74) is 0. The fourth-order valence-electron chi connectivity index (χ4n) is 0.413. The molecule has 0 spiro atoms. The highest BCUT2D eigenvalue weighted by atomic mass is 33.2. The van der Waals surface area contributed by atoms with Gasteiger partial charge in [0.05, 0.1) is 4.44 Å². The summed E-state index contributed by atoms with van der Waals surface area (Å²) in [6.07, 6.45) is 3.81. The molecule has 0 atom stereocenters. The number of rotatable bonds is 6. The van der Waals surface area contributed by atoms with Crippen molar-refractivity contribution in [1.29, 1.82) is 0 Å². The summed E-state index contributed by atoms with van der Waals surface area (Å²) in [6, 6.07) is 0. The predicted octanol–water partition coefficient (Wildman–Crippen LogP) is 3.76. The molecule has 0 amide bonds. The molecule has 0 aromatic carbocycles. The molecular formula is C7H13PS3. The Kier molecular flexibility index (Phi) is 6.84. The van der Waals surface area contributed by atoms with Gasteiger partial charge >= 0.3 is 0 Å². The van der Waals surface area contributed by atoms with E-state index in [2.05, 4.69) is 19.8 Å². The zero-order chi connectivity index (χ0) is 8.74. The summed E-state index contributed by atoms with van der Waals surface area (Å²) in [6.45, 7) is 9.49. The lowest BCUT2D eigenvalue weighted by Crippen LogP contribution is -1.71. The van der Waals surface area contributed by atoms with Crippen LogP contribution in [0.4, 0.5) is 0 Å². The third-order valence-electron chi connectivity index (χ3n) is 0.854. The van der Waals surface area contributed by atoms with Gasteiger partial charge in [-0.05, 0) is 6.66 Å². The van der Waals surface area contributed by atoms with Crippen LogP contribution in [0, 0.1) is 0 Å². The molecule has 0 fully saturated rings. The molecule has 11 heavy (non-hydrogen) atoms. The van der Waals surface area contributed by atoms with Crippen LogP contribution in [0.2, 0.25) is 0 Å². The van der Waals surface area contributed by atoms with Crippen LogP contribution in [0.15, 0.2) is 25.3 Å². The highest BCUT2D eigenvalue weighted by molar-refractivity contribution is 9.00. The molecule has 0 aromatic heterocycles. The molecule has 4 heteroatoms. The summed E-state index contributed by atoms with van der Waals surface area (Å²) in [5.74, 6) is 1.94. The van der Waals surface area contributed by atoms with E-state index in [1.807, 2.05) is 34.9 Å². The largest absolute Gasteiger partial charge is 0.110 e. The van der Waals surface area contributed by atoms with Crippen molar-refractivity contribution < 1.29 is 0 Å². The van der Waals surface area contributed by atoms with Gasteiger partial charge in [0.2, 0.25) is 0 Å². The van der Waals surface area contributed by atoms with E-state index in [9.17, 15) is 0 Å². The van der Waals surface area contributed by atoms with Crippen LogP contribution in [-0.4, -0.2) is 18.2 Å². The molecule has 0 rings (SSSR count). The molecule has 64 valence electrons.